The van der Waals surface area contributed by atoms with Crippen LogP contribution in [-0.4, -0.2) is 29.9 Å². The Morgan fingerprint density at radius 3 is 2.37 bits per heavy atom. The summed E-state index contributed by atoms with van der Waals surface area (Å²) in [5.74, 6) is -4.58. The van der Waals surface area contributed by atoms with Crippen molar-refractivity contribution in [3.63, 3.8) is 0 Å². The van der Waals surface area contributed by atoms with Crippen LogP contribution in [0.2, 0.25) is 0 Å². The first kappa shape index (κ1) is 21.6. The Balaban J connectivity index is 1.86. The van der Waals surface area contributed by atoms with Crippen LogP contribution in [0.4, 0.5) is 18.9 Å². The maximum absolute atomic E-state index is 13.2. The molecule has 0 unspecified atom stereocenters. The Hall–Kier alpha value is -3.14. The average molecular weight is 437 g/mol. The number of rotatable bonds is 6. The van der Waals surface area contributed by atoms with Crippen molar-refractivity contribution < 1.29 is 26.4 Å². The smallest absolute Gasteiger partial charge is 0.325 e. The summed E-state index contributed by atoms with van der Waals surface area (Å²) in [6.07, 6.45) is -0.151. The Morgan fingerprint density at radius 2 is 1.73 bits per heavy atom. The highest BCUT2D eigenvalue weighted by Crippen LogP contribution is 2.26. The minimum absolute atomic E-state index is 0.151. The third-order valence-corrected chi connectivity index (χ3v) is 5.99. The summed E-state index contributed by atoms with van der Waals surface area (Å²) in [6.45, 7) is 3.44. The van der Waals surface area contributed by atoms with Crippen molar-refractivity contribution in [2.45, 2.75) is 30.9 Å². The normalized spacial score (nSPS) is 11.7. The second kappa shape index (κ2) is 8.31. The molecule has 0 saturated heterocycles. The van der Waals surface area contributed by atoms with Gasteiger partial charge >= 0.3 is 5.76 Å². The Morgan fingerprint density at radius 1 is 1.10 bits per heavy atom. The van der Waals surface area contributed by atoms with Gasteiger partial charge in [0.1, 0.15) is 5.82 Å². The molecule has 0 saturated carbocycles. The van der Waals surface area contributed by atoms with E-state index in [1.807, 2.05) is 0 Å². The molecule has 6 nitrogen and oxygen atoms in total. The first-order chi connectivity index (χ1) is 14.1. The lowest BCUT2D eigenvalue weighted by molar-refractivity contribution is -0.115. The number of nitrogens with zero attached hydrogens (tertiary/aromatic N) is 2. The van der Waals surface area contributed by atoms with E-state index in [0.717, 1.165) is 6.07 Å². The van der Waals surface area contributed by atoms with Crippen LogP contribution >= 0.6 is 0 Å². The zero-order chi connectivity index (χ0) is 22.1. The van der Waals surface area contributed by atoms with Gasteiger partial charge in [-0.05, 0) is 50.2 Å². The van der Waals surface area contributed by atoms with Crippen LogP contribution in [0, 0.1) is 19.7 Å². The van der Waals surface area contributed by atoms with Crippen LogP contribution in [0.3, 0.4) is 0 Å². The van der Waals surface area contributed by atoms with Crippen LogP contribution in [0.25, 0.3) is 5.69 Å². The number of hydrogen-bond acceptors (Lipinski definition) is 4. The number of aryl methyl sites for hydroxylation is 1. The molecule has 1 heterocycles. The van der Waals surface area contributed by atoms with Crippen molar-refractivity contribution in [2.75, 3.05) is 5.32 Å². The van der Waals surface area contributed by atoms with Crippen LogP contribution < -0.4 is 5.32 Å². The van der Waals surface area contributed by atoms with Crippen LogP contribution in [0.1, 0.15) is 17.0 Å². The summed E-state index contributed by atoms with van der Waals surface area (Å²) in [4.78, 5) is 11.9. The Labute approximate surface area is 171 Å². The summed E-state index contributed by atoms with van der Waals surface area (Å²) in [5.41, 5.74) is 2.18. The van der Waals surface area contributed by atoms with E-state index in [2.05, 4.69) is 10.4 Å². The number of carbonyl (C=O) groups excluding carboxylic acids is 1. The van der Waals surface area contributed by atoms with Gasteiger partial charge in [0.05, 0.1) is 28.4 Å². The lowest BCUT2D eigenvalue weighted by Gasteiger charge is -2.11. The summed E-state index contributed by atoms with van der Waals surface area (Å²) in [6, 6.07) is 10.7. The number of hydrogen-bond donors (Lipinski definition) is 1. The fourth-order valence-electron chi connectivity index (χ4n) is 3.03. The molecule has 1 N–H and O–H groups in total. The van der Waals surface area contributed by atoms with Gasteiger partial charge in [0, 0.05) is 11.3 Å². The van der Waals surface area contributed by atoms with Gasteiger partial charge in [-0.25, -0.2) is 17.5 Å². The van der Waals surface area contributed by atoms with E-state index in [-0.39, 0.29) is 12.1 Å². The molecule has 0 aliphatic carbocycles. The number of anilines is 1. The summed E-state index contributed by atoms with van der Waals surface area (Å²) in [5, 5.41) is 6.76. The third-order valence-electron chi connectivity index (χ3n) is 4.55. The molecule has 0 fully saturated rings. The molecule has 0 aliphatic rings. The number of sulfone groups is 1. The maximum Gasteiger partial charge on any atom is 0.341 e. The number of para-hydroxylation sites is 1. The first-order valence-electron chi connectivity index (χ1n) is 8.83. The number of carbonyl (C=O) groups is 1. The molecule has 3 aromatic rings. The molecule has 158 valence electrons. The van der Waals surface area contributed by atoms with Crippen LogP contribution in [-0.2, 0) is 21.1 Å². The monoisotopic (exact) mass is 437 g/mol. The van der Waals surface area contributed by atoms with E-state index in [4.69, 9.17) is 0 Å². The van der Waals surface area contributed by atoms with Crippen molar-refractivity contribution >= 4 is 21.4 Å². The van der Waals surface area contributed by atoms with Crippen molar-refractivity contribution in [2.24, 2.45) is 0 Å². The van der Waals surface area contributed by atoms with Crippen molar-refractivity contribution in [3.05, 3.63) is 71.3 Å². The van der Waals surface area contributed by atoms with Gasteiger partial charge < -0.3 is 5.32 Å². The first-order valence-corrected chi connectivity index (χ1v) is 10.4. The van der Waals surface area contributed by atoms with Gasteiger partial charge in [0.2, 0.25) is 15.7 Å². The fourth-order valence-corrected chi connectivity index (χ4v) is 3.92. The van der Waals surface area contributed by atoms with Gasteiger partial charge in [-0.1, -0.05) is 12.1 Å². The molecule has 1 amide bonds. The Bertz CT molecular complexity index is 1190. The zero-order valence-electron chi connectivity index (χ0n) is 16.1. The van der Waals surface area contributed by atoms with E-state index in [1.165, 1.54) is 30.3 Å². The zero-order valence-corrected chi connectivity index (χ0v) is 16.9. The van der Waals surface area contributed by atoms with Gasteiger partial charge in [0.15, 0.2) is 0 Å². The largest absolute Gasteiger partial charge is 0.341 e. The third kappa shape index (κ3) is 4.23. The number of alkyl halides is 2. The van der Waals surface area contributed by atoms with Gasteiger partial charge in [-0.15, -0.1) is 0 Å². The molecule has 1 aromatic heterocycles. The predicted molar refractivity (Wildman–Crippen MR) is 105 cm³/mol. The molecule has 0 bridgehead atoms. The minimum atomic E-state index is -4.87. The number of benzene rings is 2. The average Bonchev–Trinajstić information content (AvgIpc) is 2.97. The molecule has 0 atom stereocenters. The molecule has 0 spiro atoms. The van der Waals surface area contributed by atoms with Crippen molar-refractivity contribution in [1.82, 2.24) is 9.78 Å². The van der Waals surface area contributed by atoms with Crippen LogP contribution in [0.15, 0.2) is 53.4 Å². The standard InChI is InChI=1S/C20H18F3N3O3S/c1-12-16(13(2)26(25-12)15-9-7-14(21)8-10-15)11-19(27)24-17-5-3-4-6-18(17)30(28,29)20(22)23/h3-10,20H,11H2,1-2H3,(H,24,27). The Kier molecular flexibility index (Phi) is 5.97. The van der Waals surface area contributed by atoms with Gasteiger partial charge in [-0.3, -0.25) is 4.79 Å². The molecule has 3 rings (SSSR count). The molecular weight excluding hydrogens is 419 g/mol. The summed E-state index contributed by atoms with van der Waals surface area (Å²) in [7, 11) is -4.87. The predicted octanol–water partition coefficient (Wildman–Crippen LogP) is 3.81. The lowest BCUT2D eigenvalue weighted by Crippen LogP contribution is -2.19. The van der Waals surface area contributed by atoms with Gasteiger partial charge in [0.25, 0.3) is 0 Å². The number of amides is 1. The van der Waals surface area contributed by atoms with E-state index in [1.54, 1.807) is 30.7 Å². The van der Waals surface area contributed by atoms with E-state index < -0.39 is 32.2 Å². The highest BCUT2D eigenvalue weighted by Gasteiger charge is 2.29. The summed E-state index contributed by atoms with van der Waals surface area (Å²) < 4.78 is 64.3. The van der Waals surface area contributed by atoms with Crippen LogP contribution in [0.5, 0.6) is 0 Å². The second-order valence-electron chi connectivity index (χ2n) is 6.56. The second-order valence-corrected chi connectivity index (χ2v) is 8.45. The SMILES string of the molecule is Cc1nn(-c2ccc(F)cc2)c(C)c1CC(=O)Nc1ccccc1S(=O)(=O)C(F)F. The number of aromatic nitrogens is 2. The fraction of sp³-hybridized carbons (Fsp3) is 0.200. The molecule has 30 heavy (non-hydrogen) atoms. The maximum atomic E-state index is 13.2. The highest BCUT2D eigenvalue weighted by atomic mass is 32.2. The number of nitrogens with one attached hydrogen (secondary N) is 1. The lowest BCUT2D eigenvalue weighted by atomic mass is 10.1. The quantitative estimate of drug-likeness (QED) is 0.636. The van der Waals surface area contributed by atoms with Crippen molar-refractivity contribution in [1.29, 1.82) is 0 Å². The minimum Gasteiger partial charge on any atom is -0.325 e. The molecule has 0 aliphatic heterocycles. The molecule has 2 aromatic carbocycles. The molecule has 10 heteroatoms. The topological polar surface area (TPSA) is 81.1 Å². The van der Waals surface area contributed by atoms with E-state index in [9.17, 15) is 26.4 Å². The van der Waals surface area contributed by atoms with E-state index >= 15 is 0 Å². The molecule has 0 radical (unpaired) electrons. The highest BCUT2D eigenvalue weighted by molar-refractivity contribution is 7.91. The number of halogens is 3. The van der Waals surface area contributed by atoms with E-state index in [0.29, 0.717) is 22.6 Å². The van der Waals surface area contributed by atoms with Gasteiger partial charge in [-0.2, -0.15) is 13.9 Å². The van der Waals surface area contributed by atoms with Crippen molar-refractivity contribution in [3.8, 4) is 5.69 Å². The summed E-state index contributed by atoms with van der Waals surface area (Å²) >= 11 is 0. The molecular formula is C20H18F3N3O3S.